The number of hydrogen-bond donors (Lipinski definition) is 0. The SMILES string of the molecule is Cc1cn(CN2CCC(c3csc(-c4ccc(Cl)cc4)n3)CC2)c(=O)n1-c1ccc(Cl)cc1. The number of halogens is 2. The average molecular weight is 499 g/mol. The van der Waals surface area contributed by atoms with E-state index in [0.29, 0.717) is 17.6 Å². The molecule has 3 heterocycles. The van der Waals surface area contributed by atoms with E-state index in [-0.39, 0.29) is 5.69 Å². The molecule has 1 aliphatic rings. The van der Waals surface area contributed by atoms with Crippen LogP contribution in [0.3, 0.4) is 0 Å². The number of aryl methyl sites for hydroxylation is 1. The number of likely N-dealkylation sites (tertiary alicyclic amines) is 1. The van der Waals surface area contributed by atoms with Crippen molar-refractivity contribution in [1.29, 1.82) is 0 Å². The molecule has 1 fully saturated rings. The van der Waals surface area contributed by atoms with Gasteiger partial charge in [-0.2, -0.15) is 0 Å². The number of aromatic nitrogens is 3. The first-order chi connectivity index (χ1) is 16.0. The summed E-state index contributed by atoms with van der Waals surface area (Å²) >= 11 is 13.7. The molecule has 0 atom stereocenters. The highest BCUT2D eigenvalue weighted by Gasteiger charge is 2.24. The molecule has 1 saturated heterocycles. The van der Waals surface area contributed by atoms with Gasteiger partial charge in [0.2, 0.25) is 0 Å². The Morgan fingerprint density at radius 1 is 1.00 bits per heavy atom. The van der Waals surface area contributed by atoms with Crippen LogP contribution in [0.25, 0.3) is 16.3 Å². The third-order valence-corrected chi connectivity index (χ3v) is 7.60. The molecule has 0 radical (unpaired) electrons. The van der Waals surface area contributed by atoms with Crippen molar-refractivity contribution < 1.29 is 0 Å². The highest BCUT2D eigenvalue weighted by molar-refractivity contribution is 7.13. The number of imidazole rings is 1. The fourth-order valence-corrected chi connectivity index (χ4v) is 5.57. The summed E-state index contributed by atoms with van der Waals surface area (Å²) in [4.78, 5) is 20.3. The first-order valence-electron chi connectivity index (χ1n) is 11.0. The van der Waals surface area contributed by atoms with Crippen LogP contribution in [-0.4, -0.2) is 32.1 Å². The van der Waals surface area contributed by atoms with Crippen LogP contribution in [0.4, 0.5) is 0 Å². The molecule has 170 valence electrons. The van der Waals surface area contributed by atoms with Gasteiger partial charge in [-0.15, -0.1) is 11.3 Å². The van der Waals surface area contributed by atoms with Crippen molar-refractivity contribution in [2.75, 3.05) is 13.1 Å². The van der Waals surface area contributed by atoms with Gasteiger partial charge in [-0.05, 0) is 56.2 Å². The quantitative estimate of drug-likeness (QED) is 0.328. The Bertz CT molecular complexity index is 1300. The largest absolute Gasteiger partial charge is 0.334 e. The maximum absolute atomic E-state index is 13.0. The summed E-state index contributed by atoms with van der Waals surface area (Å²) in [5.74, 6) is 0.454. The summed E-state index contributed by atoms with van der Waals surface area (Å²) in [6.07, 6.45) is 4.01. The van der Waals surface area contributed by atoms with E-state index in [1.165, 1.54) is 5.69 Å². The highest BCUT2D eigenvalue weighted by atomic mass is 35.5. The molecule has 0 saturated carbocycles. The van der Waals surface area contributed by atoms with Crippen molar-refractivity contribution in [3.63, 3.8) is 0 Å². The smallest absolute Gasteiger partial charge is 0.286 e. The lowest BCUT2D eigenvalue weighted by molar-refractivity contribution is 0.166. The van der Waals surface area contributed by atoms with Gasteiger partial charge in [0.05, 0.1) is 18.1 Å². The topological polar surface area (TPSA) is 43.1 Å². The zero-order valence-corrected chi connectivity index (χ0v) is 20.6. The summed E-state index contributed by atoms with van der Waals surface area (Å²) in [6.45, 7) is 4.44. The lowest BCUT2D eigenvalue weighted by atomic mass is 9.94. The summed E-state index contributed by atoms with van der Waals surface area (Å²) in [5, 5.41) is 4.62. The number of thiazole rings is 1. The van der Waals surface area contributed by atoms with Crippen molar-refractivity contribution >= 4 is 34.5 Å². The van der Waals surface area contributed by atoms with Crippen molar-refractivity contribution in [2.45, 2.75) is 32.4 Å². The van der Waals surface area contributed by atoms with Gasteiger partial charge in [-0.3, -0.25) is 14.0 Å². The Labute approximate surface area is 206 Å². The molecular weight excluding hydrogens is 475 g/mol. The first kappa shape index (κ1) is 22.4. The van der Waals surface area contributed by atoms with Crippen molar-refractivity contribution in [3.8, 4) is 16.3 Å². The molecule has 5 nitrogen and oxygen atoms in total. The molecule has 33 heavy (non-hydrogen) atoms. The second kappa shape index (κ2) is 9.47. The number of rotatable bonds is 5. The van der Waals surface area contributed by atoms with Gasteiger partial charge in [0.15, 0.2) is 0 Å². The fraction of sp³-hybridized carbons (Fsp3) is 0.280. The minimum atomic E-state index is -0.0240. The fourth-order valence-electron chi connectivity index (χ4n) is 4.41. The normalized spacial score (nSPS) is 15.2. The molecule has 1 aliphatic heterocycles. The van der Waals surface area contributed by atoms with E-state index in [2.05, 4.69) is 10.3 Å². The van der Waals surface area contributed by atoms with Crippen LogP contribution in [0, 0.1) is 6.92 Å². The van der Waals surface area contributed by atoms with Gasteiger partial charge >= 0.3 is 5.69 Å². The van der Waals surface area contributed by atoms with E-state index >= 15 is 0 Å². The van der Waals surface area contributed by atoms with Gasteiger partial charge in [-0.1, -0.05) is 35.3 Å². The van der Waals surface area contributed by atoms with Gasteiger partial charge in [0.25, 0.3) is 0 Å². The summed E-state index contributed by atoms with van der Waals surface area (Å²) < 4.78 is 3.53. The van der Waals surface area contributed by atoms with Crippen LogP contribution in [0.15, 0.2) is 64.9 Å². The van der Waals surface area contributed by atoms with Crippen molar-refractivity contribution in [1.82, 2.24) is 19.0 Å². The monoisotopic (exact) mass is 498 g/mol. The molecule has 0 bridgehead atoms. The predicted molar refractivity (Wildman–Crippen MR) is 136 cm³/mol. The van der Waals surface area contributed by atoms with E-state index in [1.54, 1.807) is 20.5 Å². The van der Waals surface area contributed by atoms with Crippen LogP contribution in [0.2, 0.25) is 10.0 Å². The molecule has 0 unspecified atom stereocenters. The lowest BCUT2D eigenvalue weighted by Gasteiger charge is -2.31. The Balaban J connectivity index is 1.24. The number of benzene rings is 2. The van der Waals surface area contributed by atoms with Crippen LogP contribution in [0.1, 0.15) is 30.1 Å². The molecular formula is C25H24Cl2N4OS. The van der Waals surface area contributed by atoms with E-state index in [9.17, 15) is 4.79 Å². The van der Waals surface area contributed by atoms with Gasteiger partial charge in [0, 0.05) is 51.9 Å². The van der Waals surface area contributed by atoms with Crippen LogP contribution in [0.5, 0.6) is 0 Å². The van der Waals surface area contributed by atoms with Crippen LogP contribution < -0.4 is 5.69 Å². The first-order valence-corrected chi connectivity index (χ1v) is 12.6. The lowest BCUT2D eigenvalue weighted by Crippen LogP contribution is -2.37. The molecule has 0 spiro atoms. The highest BCUT2D eigenvalue weighted by Crippen LogP contribution is 2.32. The zero-order valence-electron chi connectivity index (χ0n) is 18.2. The van der Waals surface area contributed by atoms with Crippen molar-refractivity contribution in [3.05, 3.63) is 92.0 Å². The van der Waals surface area contributed by atoms with Crippen LogP contribution in [-0.2, 0) is 6.67 Å². The van der Waals surface area contributed by atoms with E-state index < -0.39 is 0 Å². The summed E-state index contributed by atoms with van der Waals surface area (Å²) in [7, 11) is 0. The van der Waals surface area contributed by atoms with Gasteiger partial charge in [0.1, 0.15) is 5.01 Å². The van der Waals surface area contributed by atoms with Gasteiger partial charge in [-0.25, -0.2) is 9.78 Å². The molecule has 2 aromatic carbocycles. The van der Waals surface area contributed by atoms with Crippen molar-refractivity contribution in [2.24, 2.45) is 0 Å². The van der Waals surface area contributed by atoms with Gasteiger partial charge < -0.3 is 0 Å². The molecule has 0 N–H and O–H groups in total. The van der Waals surface area contributed by atoms with Crippen LogP contribution >= 0.6 is 34.5 Å². The average Bonchev–Trinajstić information content (AvgIpc) is 3.41. The number of piperidine rings is 1. The Hall–Kier alpha value is -2.38. The second-order valence-corrected chi connectivity index (χ2v) is 10.2. The summed E-state index contributed by atoms with van der Waals surface area (Å²) in [6, 6.07) is 15.2. The molecule has 5 rings (SSSR count). The number of hydrogen-bond acceptors (Lipinski definition) is 4. The standard InChI is InChI=1S/C25H24Cl2N4OS/c1-17-14-30(25(32)31(17)22-8-6-21(27)7-9-22)16-29-12-10-18(11-13-29)23-15-33-24(28-23)19-2-4-20(26)5-3-19/h2-9,14-15,18H,10-13,16H2,1H3. The Morgan fingerprint density at radius 2 is 1.64 bits per heavy atom. The Morgan fingerprint density at radius 3 is 2.30 bits per heavy atom. The third kappa shape index (κ3) is 4.80. The molecule has 0 amide bonds. The molecule has 8 heteroatoms. The van der Waals surface area contributed by atoms with E-state index in [1.807, 2.05) is 61.7 Å². The number of nitrogens with zero attached hydrogens (tertiary/aromatic N) is 4. The maximum atomic E-state index is 13.0. The Kier molecular flexibility index (Phi) is 6.43. The molecule has 4 aromatic rings. The minimum Gasteiger partial charge on any atom is -0.286 e. The second-order valence-electron chi connectivity index (χ2n) is 8.45. The zero-order chi connectivity index (χ0) is 22.9. The molecule has 0 aliphatic carbocycles. The summed E-state index contributed by atoms with van der Waals surface area (Å²) in [5.41, 5.74) is 4.00. The molecule has 2 aromatic heterocycles. The van der Waals surface area contributed by atoms with E-state index in [0.717, 1.165) is 52.9 Å². The minimum absolute atomic E-state index is 0.0240. The third-order valence-electron chi connectivity index (χ3n) is 6.19. The predicted octanol–water partition coefficient (Wildman–Crippen LogP) is 6.21. The maximum Gasteiger partial charge on any atom is 0.334 e. The van der Waals surface area contributed by atoms with E-state index in [4.69, 9.17) is 28.2 Å².